The average Bonchev–Trinajstić information content (AvgIpc) is 2.84. The lowest BCUT2D eigenvalue weighted by Crippen LogP contribution is -2.34. The van der Waals surface area contributed by atoms with Crippen LogP contribution in [0.3, 0.4) is 0 Å². The second-order valence-corrected chi connectivity index (χ2v) is 5.78. The summed E-state index contributed by atoms with van der Waals surface area (Å²) in [5, 5.41) is 3.47. The predicted octanol–water partition coefficient (Wildman–Crippen LogP) is 3.48. The van der Waals surface area contributed by atoms with E-state index in [2.05, 4.69) is 5.32 Å². The number of rotatable bonds is 5. The van der Waals surface area contributed by atoms with Gasteiger partial charge in [-0.25, -0.2) is 4.90 Å². The van der Waals surface area contributed by atoms with Crippen LogP contribution in [0.25, 0.3) is 0 Å². The summed E-state index contributed by atoms with van der Waals surface area (Å²) >= 11 is 6.11. The van der Waals surface area contributed by atoms with E-state index < -0.39 is 6.04 Å². The van der Waals surface area contributed by atoms with Crippen LogP contribution >= 0.6 is 11.6 Å². The van der Waals surface area contributed by atoms with Gasteiger partial charge in [-0.1, -0.05) is 23.7 Å². The second kappa shape index (κ2) is 6.93. The van der Waals surface area contributed by atoms with Gasteiger partial charge in [0.2, 0.25) is 5.91 Å². The molecule has 1 aliphatic heterocycles. The van der Waals surface area contributed by atoms with Crippen LogP contribution in [0.1, 0.15) is 13.3 Å². The molecule has 1 heterocycles. The number of carbonyl (C=O) groups is 2. The lowest BCUT2D eigenvalue weighted by atomic mass is 10.2. The van der Waals surface area contributed by atoms with E-state index in [-0.39, 0.29) is 18.2 Å². The fourth-order valence-corrected chi connectivity index (χ4v) is 2.87. The quantitative estimate of drug-likeness (QED) is 0.844. The zero-order valence-electron chi connectivity index (χ0n) is 13.2. The summed E-state index contributed by atoms with van der Waals surface area (Å²) < 4.78 is 5.39. The Morgan fingerprint density at radius 1 is 1.17 bits per heavy atom. The van der Waals surface area contributed by atoms with Gasteiger partial charge in [0.1, 0.15) is 11.8 Å². The number of nitrogens with one attached hydrogen (secondary N) is 1. The first-order chi connectivity index (χ1) is 11.6. The monoisotopic (exact) mass is 344 g/mol. The SMILES string of the molecule is CCOc1ccc(N[C@@H]2CC(=O)N(c3ccccc3Cl)C2=O)cc1. The molecule has 0 unspecified atom stereocenters. The molecule has 124 valence electrons. The first-order valence-electron chi connectivity index (χ1n) is 7.71. The highest BCUT2D eigenvalue weighted by Gasteiger charge is 2.40. The Hall–Kier alpha value is -2.53. The van der Waals surface area contributed by atoms with Gasteiger partial charge in [0.05, 0.1) is 23.7 Å². The topological polar surface area (TPSA) is 58.6 Å². The highest BCUT2D eigenvalue weighted by molar-refractivity contribution is 6.36. The molecule has 6 heteroatoms. The minimum atomic E-state index is -0.605. The Bertz CT molecular complexity index is 761. The van der Waals surface area contributed by atoms with Crippen LogP contribution in [-0.4, -0.2) is 24.5 Å². The normalized spacial score (nSPS) is 17.2. The van der Waals surface area contributed by atoms with Crippen molar-refractivity contribution in [3.05, 3.63) is 53.6 Å². The first kappa shape index (κ1) is 16.3. The number of halogens is 1. The molecule has 1 atom stereocenters. The van der Waals surface area contributed by atoms with Gasteiger partial charge in [-0.05, 0) is 43.3 Å². The largest absolute Gasteiger partial charge is 0.494 e. The zero-order chi connectivity index (χ0) is 17.1. The molecule has 0 aromatic heterocycles. The van der Waals surface area contributed by atoms with E-state index in [1.165, 1.54) is 0 Å². The van der Waals surface area contributed by atoms with Gasteiger partial charge in [0.15, 0.2) is 0 Å². The molecule has 0 saturated carbocycles. The van der Waals surface area contributed by atoms with Gasteiger partial charge in [-0.2, -0.15) is 0 Å². The van der Waals surface area contributed by atoms with Gasteiger partial charge < -0.3 is 10.1 Å². The van der Waals surface area contributed by atoms with Crippen LogP contribution in [0.5, 0.6) is 5.75 Å². The van der Waals surface area contributed by atoms with Crippen LogP contribution in [0.4, 0.5) is 11.4 Å². The van der Waals surface area contributed by atoms with Crippen LogP contribution in [0.15, 0.2) is 48.5 Å². The number of ether oxygens (including phenoxy) is 1. The number of nitrogens with zero attached hydrogens (tertiary/aromatic N) is 1. The van der Waals surface area contributed by atoms with E-state index in [4.69, 9.17) is 16.3 Å². The maximum Gasteiger partial charge on any atom is 0.256 e. The Morgan fingerprint density at radius 2 is 1.88 bits per heavy atom. The number of hydrogen-bond acceptors (Lipinski definition) is 4. The van der Waals surface area contributed by atoms with Crippen molar-refractivity contribution in [3.8, 4) is 5.75 Å². The van der Waals surface area contributed by atoms with E-state index in [0.29, 0.717) is 17.3 Å². The molecule has 2 aromatic carbocycles. The van der Waals surface area contributed by atoms with Gasteiger partial charge in [0, 0.05) is 5.69 Å². The Kier molecular flexibility index (Phi) is 4.71. The number of benzene rings is 2. The molecule has 24 heavy (non-hydrogen) atoms. The van der Waals surface area contributed by atoms with Crippen molar-refractivity contribution in [1.82, 2.24) is 0 Å². The molecule has 0 radical (unpaired) electrons. The Labute approximate surface area is 145 Å². The standard InChI is InChI=1S/C18H17ClN2O3/c1-2-24-13-9-7-12(8-10-13)20-15-11-17(22)21(18(15)23)16-6-4-3-5-14(16)19/h3-10,15,20H,2,11H2,1H3/t15-/m1/s1. The molecule has 0 bridgehead atoms. The summed E-state index contributed by atoms with van der Waals surface area (Å²) in [7, 11) is 0. The van der Waals surface area contributed by atoms with Crippen molar-refractivity contribution in [2.75, 3.05) is 16.8 Å². The fraction of sp³-hybridized carbons (Fsp3) is 0.222. The minimum Gasteiger partial charge on any atom is -0.494 e. The molecule has 1 saturated heterocycles. The third-order valence-corrected chi connectivity index (χ3v) is 4.07. The molecular weight excluding hydrogens is 328 g/mol. The maximum absolute atomic E-state index is 12.6. The van der Waals surface area contributed by atoms with Crippen molar-refractivity contribution in [2.45, 2.75) is 19.4 Å². The smallest absolute Gasteiger partial charge is 0.256 e. The number of carbonyl (C=O) groups excluding carboxylic acids is 2. The molecule has 0 spiro atoms. The van der Waals surface area contributed by atoms with E-state index in [9.17, 15) is 9.59 Å². The van der Waals surface area contributed by atoms with Crippen LogP contribution in [0, 0.1) is 0 Å². The molecule has 1 aliphatic rings. The number of anilines is 2. The minimum absolute atomic E-state index is 0.0945. The van der Waals surface area contributed by atoms with Crippen molar-refractivity contribution >= 4 is 34.8 Å². The van der Waals surface area contributed by atoms with Gasteiger partial charge in [-0.3, -0.25) is 9.59 Å². The first-order valence-corrected chi connectivity index (χ1v) is 8.08. The van der Waals surface area contributed by atoms with E-state index in [0.717, 1.165) is 16.3 Å². The molecule has 1 N–H and O–H groups in total. The van der Waals surface area contributed by atoms with E-state index in [1.54, 1.807) is 24.3 Å². The fourth-order valence-electron chi connectivity index (χ4n) is 2.65. The summed E-state index contributed by atoms with van der Waals surface area (Å²) in [5.41, 5.74) is 1.18. The van der Waals surface area contributed by atoms with E-state index >= 15 is 0 Å². The molecule has 5 nitrogen and oxygen atoms in total. The summed E-state index contributed by atoms with van der Waals surface area (Å²) in [5.74, 6) is 0.188. The van der Waals surface area contributed by atoms with E-state index in [1.807, 2.05) is 31.2 Å². The van der Waals surface area contributed by atoms with Crippen LogP contribution in [-0.2, 0) is 9.59 Å². The molecule has 1 fully saturated rings. The predicted molar refractivity (Wildman–Crippen MR) is 93.6 cm³/mol. The van der Waals surface area contributed by atoms with Crippen LogP contribution in [0.2, 0.25) is 5.02 Å². The van der Waals surface area contributed by atoms with Crippen molar-refractivity contribution in [2.24, 2.45) is 0 Å². The van der Waals surface area contributed by atoms with Gasteiger partial charge in [-0.15, -0.1) is 0 Å². The number of imide groups is 1. The zero-order valence-corrected chi connectivity index (χ0v) is 13.9. The molecular formula is C18H17ClN2O3. The van der Waals surface area contributed by atoms with Crippen molar-refractivity contribution < 1.29 is 14.3 Å². The average molecular weight is 345 g/mol. The highest BCUT2D eigenvalue weighted by Crippen LogP contribution is 2.30. The summed E-state index contributed by atoms with van der Waals surface area (Å²) in [6.45, 7) is 2.51. The summed E-state index contributed by atoms with van der Waals surface area (Å²) in [4.78, 5) is 26.0. The van der Waals surface area contributed by atoms with Gasteiger partial charge in [0.25, 0.3) is 5.91 Å². The second-order valence-electron chi connectivity index (χ2n) is 5.38. The maximum atomic E-state index is 12.6. The third-order valence-electron chi connectivity index (χ3n) is 3.75. The summed E-state index contributed by atoms with van der Waals surface area (Å²) in [6.07, 6.45) is 0.0945. The highest BCUT2D eigenvalue weighted by atomic mass is 35.5. The van der Waals surface area contributed by atoms with Gasteiger partial charge >= 0.3 is 0 Å². The molecule has 2 amide bonds. The molecule has 2 aromatic rings. The third kappa shape index (κ3) is 3.21. The Morgan fingerprint density at radius 3 is 2.54 bits per heavy atom. The van der Waals surface area contributed by atoms with Crippen LogP contribution < -0.4 is 15.0 Å². The van der Waals surface area contributed by atoms with Crippen molar-refractivity contribution in [1.29, 1.82) is 0 Å². The number of para-hydroxylation sites is 1. The van der Waals surface area contributed by atoms with Crippen molar-refractivity contribution in [3.63, 3.8) is 0 Å². The number of amides is 2. The lowest BCUT2D eigenvalue weighted by molar-refractivity contribution is -0.121. The lowest BCUT2D eigenvalue weighted by Gasteiger charge is -2.17. The molecule has 0 aliphatic carbocycles. The summed E-state index contributed by atoms with van der Waals surface area (Å²) in [6, 6.07) is 13.5. The Balaban J connectivity index is 1.75. The number of hydrogen-bond donors (Lipinski definition) is 1. The molecule has 3 rings (SSSR count).